The van der Waals surface area contributed by atoms with Crippen molar-refractivity contribution < 1.29 is 29.3 Å². The number of hydrogen-bond donors (Lipinski definition) is 2. The van der Waals surface area contributed by atoms with Crippen molar-refractivity contribution in [1.29, 1.82) is 0 Å². The van der Waals surface area contributed by atoms with Crippen molar-refractivity contribution in [2.45, 2.75) is 6.61 Å². The van der Waals surface area contributed by atoms with Gasteiger partial charge in [-0.3, -0.25) is 4.99 Å². The minimum absolute atomic E-state index is 0.0919. The SMILES string of the molecule is COc1cc(C=Nc2cc(C(=O)O)ccc2Cl)ccc1OCc1ccc(C(=O)O)cc1. The van der Waals surface area contributed by atoms with E-state index in [2.05, 4.69) is 4.99 Å². The zero-order valence-electron chi connectivity index (χ0n) is 16.4. The molecule has 0 spiro atoms. The summed E-state index contributed by atoms with van der Waals surface area (Å²) in [6.45, 7) is 0.237. The second-order valence-corrected chi connectivity index (χ2v) is 6.84. The second-order valence-electron chi connectivity index (χ2n) is 6.43. The van der Waals surface area contributed by atoms with Crippen molar-refractivity contribution in [2.75, 3.05) is 7.11 Å². The molecular formula is C23H18ClNO6. The van der Waals surface area contributed by atoms with Gasteiger partial charge in [-0.1, -0.05) is 23.7 Å². The fraction of sp³-hybridized carbons (Fsp3) is 0.0870. The highest BCUT2D eigenvalue weighted by Gasteiger charge is 2.09. The molecule has 31 heavy (non-hydrogen) atoms. The zero-order valence-corrected chi connectivity index (χ0v) is 17.2. The van der Waals surface area contributed by atoms with Crippen LogP contribution < -0.4 is 9.47 Å². The smallest absolute Gasteiger partial charge is 0.335 e. The van der Waals surface area contributed by atoms with Gasteiger partial charge in [-0.15, -0.1) is 0 Å². The van der Waals surface area contributed by atoms with Crippen molar-refractivity contribution >= 4 is 35.4 Å². The number of hydrogen-bond acceptors (Lipinski definition) is 5. The number of methoxy groups -OCH3 is 1. The maximum absolute atomic E-state index is 11.1. The molecule has 7 nitrogen and oxygen atoms in total. The lowest BCUT2D eigenvalue weighted by atomic mass is 10.1. The van der Waals surface area contributed by atoms with E-state index in [-0.39, 0.29) is 17.7 Å². The Morgan fingerprint density at radius 1 is 0.935 bits per heavy atom. The molecule has 3 aromatic rings. The standard InChI is InChI=1S/C23H18ClNO6/c1-30-21-10-15(12-25-19-11-17(23(28)29)7-8-18(19)24)4-9-20(21)31-13-14-2-5-16(6-3-14)22(26)27/h2-12H,13H2,1H3,(H,26,27)(H,28,29). The third kappa shape index (κ3) is 5.61. The van der Waals surface area contributed by atoms with Crippen molar-refractivity contribution in [3.05, 3.63) is 87.9 Å². The van der Waals surface area contributed by atoms with E-state index in [0.717, 1.165) is 5.56 Å². The van der Waals surface area contributed by atoms with E-state index in [1.165, 1.54) is 37.4 Å². The average molecular weight is 440 g/mol. The molecule has 0 saturated carbocycles. The molecule has 0 bridgehead atoms. The molecule has 0 unspecified atom stereocenters. The van der Waals surface area contributed by atoms with Crippen LogP contribution in [0.4, 0.5) is 5.69 Å². The van der Waals surface area contributed by atoms with Crippen molar-refractivity contribution in [3.63, 3.8) is 0 Å². The molecule has 0 aliphatic heterocycles. The number of carboxylic acids is 2. The largest absolute Gasteiger partial charge is 0.493 e. The lowest BCUT2D eigenvalue weighted by Crippen LogP contribution is -2.00. The molecule has 3 rings (SSSR count). The number of halogens is 1. The Morgan fingerprint density at radius 2 is 1.61 bits per heavy atom. The summed E-state index contributed by atoms with van der Waals surface area (Å²) in [6.07, 6.45) is 1.55. The van der Waals surface area contributed by atoms with Crippen LogP contribution in [0.25, 0.3) is 0 Å². The Bertz CT molecular complexity index is 1140. The quantitative estimate of drug-likeness (QED) is 0.474. The highest BCUT2D eigenvalue weighted by atomic mass is 35.5. The Kier molecular flexibility index (Phi) is 6.89. The van der Waals surface area contributed by atoms with E-state index >= 15 is 0 Å². The summed E-state index contributed by atoms with van der Waals surface area (Å²) in [5.74, 6) is -1.05. The molecule has 8 heteroatoms. The predicted octanol–water partition coefficient (Wildman–Crippen LogP) is 5.07. The van der Waals surface area contributed by atoms with Gasteiger partial charge in [0, 0.05) is 6.21 Å². The molecule has 0 saturated heterocycles. The topological polar surface area (TPSA) is 105 Å². The number of carbonyl (C=O) groups is 2. The molecule has 0 aromatic heterocycles. The first-order valence-electron chi connectivity index (χ1n) is 9.07. The van der Waals surface area contributed by atoms with E-state index < -0.39 is 11.9 Å². The van der Waals surface area contributed by atoms with Crippen LogP contribution in [0.1, 0.15) is 31.8 Å². The van der Waals surface area contributed by atoms with Gasteiger partial charge in [0.2, 0.25) is 0 Å². The Labute approximate surface area is 183 Å². The summed E-state index contributed by atoms with van der Waals surface area (Å²) in [6, 6.07) is 15.9. The van der Waals surface area contributed by atoms with Crippen molar-refractivity contribution in [3.8, 4) is 11.5 Å². The summed E-state index contributed by atoms with van der Waals surface area (Å²) >= 11 is 6.09. The van der Waals surface area contributed by atoms with Gasteiger partial charge in [-0.2, -0.15) is 0 Å². The van der Waals surface area contributed by atoms with Crippen molar-refractivity contribution in [1.82, 2.24) is 0 Å². The molecule has 3 aromatic carbocycles. The van der Waals surface area contributed by atoms with E-state index in [9.17, 15) is 9.59 Å². The lowest BCUT2D eigenvalue weighted by molar-refractivity contribution is 0.0686. The molecule has 0 heterocycles. The van der Waals surface area contributed by atoms with Crippen LogP contribution >= 0.6 is 11.6 Å². The molecule has 0 fully saturated rings. The van der Waals surface area contributed by atoms with Crippen LogP contribution in [0.15, 0.2) is 65.7 Å². The van der Waals surface area contributed by atoms with E-state index in [4.69, 9.17) is 31.3 Å². The van der Waals surface area contributed by atoms with E-state index in [1.807, 2.05) is 0 Å². The Hall–Kier alpha value is -3.84. The normalized spacial score (nSPS) is 10.8. The van der Waals surface area contributed by atoms with E-state index in [1.54, 1.807) is 36.5 Å². The number of aliphatic imine (C=N–C) groups is 1. The third-order valence-electron chi connectivity index (χ3n) is 4.33. The van der Waals surface area contributed by atoms with Crippen LogP contribution in [0.3, 0.4) is 0 Å². The van der Waals surface area contributed by atoms with Crippen LogP contribution in [0, 0.1) is 0 Å². The first-order chi connectivity index (χ1) is 14.9. The summed E-state index contributed by atoms with van der Waals surface area (Å²) in [5, 5.41) is 18.4. The molecule has 0 amide bonds. The van der Waals surface area contributed by atoms with Crippen LogP contribution in [-0.2, 0) is 6.61 Å². The number of aromatic carboxylic acids is 2. The fourth-order valence-electron chi connectivity index (χ4n) is 2.68. The minimum atomic E-state index is -1.06. The van der Waals surface area contributed by atoms with Gasteiger partial charge in [0.15, 0.2) is 11.5 Å². The maximum Gasteiger partial charge on any atom is 0.335 e. The van der Waals surface area contributed by atoms with Gasteiger partial charge >= 0.3 is 11.9 Å². The number of nitrogens with zero attached hydrogens (tertiary/aromatic N) is 1. The highest BCUT2D eigenvalue weighted by Crippen LogP contribution is 2.30. The average Bonchev–Trinajstić information content (AvgIpc) is 2.77. The van der Waals surface area contributed by atoms with Crippen molar-refractivity contribution in [2.24, 2.45) is 4.99 Å². The molecule has 0 aliphatic carbocycles. The Morgan fingerprint density at radius 3 is 2.26 bits per heavy atom. The number of rotatable bonds is 8. The fourth-order valence-corrected chi connectivity index (χ4v) is 2.84. The first kappa shape index (κ1) is 21.9. The molecular weight excluding hydrogens is 422 g/mol. The Balaban J connectivity index is 1.74. The van der Waals surface area contributed by atoms with Crippen LogP contribution in [0.5, 0.6) is 11.5 Å². The monoisotopic (exact) mass is 439 g/mol. The summed E-state index contributed by atoms with van der Waals surface area (Å²) < 4.78 is 11.2. The maximum atomic E-state index is 11.1. The van der Waals surface area contributed by atoms with Gasteiger partial charge in [0.1, 0.15) is 6.61 Å². The van der Waals surface area contributed by atoms with Gasteiger partial charge < -0.3 is 19.7 Å². The lowest BCUT2D eigenvalue weighted by Gasteiger charge is -2.11. The molecule has 0 radical (unpaired) electrons. The molecule has 0 aliphatic rings. The van der Waals surface area contributed by atoms with Gasteiger partial charge in [0.05, 0.1) is 28.9 Å². The third-order valence-corrected chi connectivity index (χ3v) is 4.65. The predicted molar refractivity (Wildman–Crippen MR) is 116 cm³/mol. The van der Waals surface area contributed by atoms with Crippen LogP contribution in [-0.4, -0.2) is 35.5 Å². The van der Waals surface area contributed by atoms with E-state index in [0.29, 0.717) is 27.8 Å². The summed E-state index contributed by atoms with van der Waals surface area (Å²) in [4.78, 5) is 26.3. The summed E-state index contributed by atoms with van der Waals surface area (Å²) in [7, 11) is 1.51. The van der Waals surface area contributed by atoms with Gasteiger partial charge in [0.25, 0.3) is 0 Å². The highest BCUT2D eigenvalue weighted by molar-refractivity contribution is 6.33. The van der Waals surface area contributed by atoms with Crippen LogP contribution in [0.2, 0.25) is 5.02 Å². The number of ether oxygens (including phenoxy) is 2. The molecule has 158 valence electrons. The van der Waals surface area contributed by atoms with Gasteiger partial charge in [-0.25, -0.2) is 9.59 Å². The zero-order chi connectivity index (χ0) is 22.4. The summed E-state index contributed by atoms with van der Waals surface area (Å²) in [5.41, 5.74) is 2.15. The first-order valence-corrected chi connectivity index (χ1v) is 9.45. The minimum Gasteiger partial charge on any atom is -0.493 e. The number of benzene rings is 3. The number of carboxylic acid groups (broad SMARTS) is 2. The van der Waals surface area contributed by atoms with Gasteiger partial charge in [-0.05, 0) is 59.7 Å². The molecule has 2 N–H and O–H groups in total. The molecule has 0 atom stereocenters. The second kappa shape index (κ2) is 9.77.